The van der Waals surface area contributed by atoms with Gasteiger partial charge in [-0.05, 0) is 0 Å². The van der Waals surface area contributed by atoms with Gasteiger partial charge in [-0.2, -0.15) is 0 Å². The highest BCUT2D eigenvalue weighted by Gasteiger charge is 2.23. The van der Waals surface area contributed by atoms with Gasteiger partial charge in [-0.3, -0.25) is 4.79 Å². The molecule has 1 rings (SSSR count). The minimum absolute atomic E-state index is 0.164. The summed E-state index contributed by atoms with van der Waals surface area (Å²) in [6.07, 6.45) is 0. The molecular weight excluding hydrogens is 182 g/mol. The molecule has 0 saturated carbocycles. The largest absolute Gasteiger partial charge is 0.383 e. The molecule has 0 atom stereocenters. The van der Waals surface area contributed by atoms with Crippen molar-refractivity contribution in [3.63, 3.8) is 0 Å². The van der Waals surface area contributed by atoms with Crippen LogP contribution in [0.2, 0.25) is 0 Å². The first kappa shape index (κ1) is 11.4. The van der Waals surface area contributed by atoms with Crippen molar-refractivity contribution in [3.05, 3.63) is 0 Å². The minimum Gasteiger partial charge on any atom is -0.383 e. The summed E-state index contributed by atoms with van der Waals surface area (Å²) in [5.74, 6) is 0.353. The molecule has 1 saturated heterocycles. The smallest absolute Gasteiger partial charge is 0.225 e. The monoisotopic (exact) mass is 201 g/mol. The molecule has 5 nitrogen and oxygen atoms in total. The van der Waals surface area contributed by atoms with Crippen LogP contribution in [0.25, 0.3) is 0 Å². The van der Waals surface area contributed by atoms with Gasteiger partial charge in [0.15, 0.2) is 0 Å². The zero-order valence-corrected chi connectivity index (χ0v) is 8.64. The van der Waals surface area contributed by atoms with Gasteiger partial charge in [0.1, 0.15) is 0 Å². The Balaban J connectivity index is 1.85. The van der Waals surface area contributed by atoms with E-state index in [4.69, 9.17) is 4.74 Å². The third kappa shape index (κ3) is 4.04. The Kier molecular flexibility index (Phi) is 5.51. The summed E-state index contributed by atoms with van der Waals surface area (Å²) < 4.78 is 4.88. The normalized spacial score (nSPS) is 16.4. The number of amides is 1. The number of nitrogens with one attached hydrogen (secondary N) is 3. The first-order valence-corrected chi connectivity index (χ1v) is 5.02. The Morgan fingerprint density at radius 1 is 1.43 bits per heavy atom. The summed E-state index contributed by atoms with van der Waals surface area (Å²) in [7, 11) is 1.67. The molecule has 1 amide bonds. The van der Waals surface area contributed by atoms with E-state index in [0.717, 1.165) is 26.2 Å². The first-order chi connectivity index (χ1) is 6.84. The highest BCUT2D eigenvalue weighted by Crippen LogP contribution is 2.00. The fraction of sp³-hybridized carbons (Fsp3) is 0.889. The Morgan fingerprint density at radius 2 is 2.21 bits per heavy atom. The van der Waals surface area contributed by atoms with E-state index < -0.39 is 0 Å². The molecular formula is C9H19N3O2. The van der Waals surface area contributed by atoms with Gasteiger partial charge in [-0.1, -0.05) is 0 Å². The SMILES string of the molecule is COCCNCCNC(=O)C1CNC1. The number of carbonyl (C=O) groups is 1. The molecule has 1 heterocycles. The van der Waals surface area contributed by atoms with Crippen LogP contribution in [0, 0.1) is 5.92 Å². The molecule has 1 fully saturated rings. The van der Waals surface area contributed by atoms with E-state index in [9.17, 15) is 4.79 Å². The molecule has 14 heavy (non-hydrogen) atoms. The van der Waals surface area contributed by atoms with Crippen LogP contribution < -0.4 is 16.0 Å². The highest BCUT2D eigenvalue weighted by molar-refractivity contribution is 5.79. The van der Waals surface area contributed by atoms with Crippen LogP contribution in [-0.4, -0.2) is 52.3 Å². The van der Waals surface area contributed by atoms with Crippen molar-refractivity contribution < 1.29 is 9.53 Å². The maximum Gasteiger partial charge on any atom is 0.225 e. The molecule has 0 aromatic carbocycles. The number of hydrogen-bond donors (Lipinski definition) is 3. The number of carbonyl (C=O) groups excluding carboxylic acids is 1. The number of hydrogen-bond acceptors (Lipinski definition) is 4. The van der Waals surface area contributed by atoms with E-state index >= 15 is 0 Å². The maximum atomic E-state index is 11.3. The quantitative estimate of drug-likeness (QED) is 0.441. The molecule has 0 unspecified atom stereocenters. The zero-order chi connectivity index (χ0) is 10.2. The lowest BCUT2D eigenvalue weighted by Crippen LogP contribution is -2.51. The molecule has 3 N–H and O–H groups in total. The molecule has 1 aliphatic rings. The number of methoxy groups -OCH3 is 1. The van der Waals surface area contributed by atoms with Gasteiger partial charge < -0.3 is 20.7 Å². The molecule has 82 valence electrons. The predicted molar refractivity (Wildman–Crippen MR) is 54.1 cm³/mol. The fourth-order valence-electron chi connectivity index (χ4n) is 1.19. The van der Waals surface area contributed by atoms with Gasteiger partial charge in [-0.15, -0.1) is 0 Å². The average Bonchev–Trinajstić information content (AvgIpc) is 2.08. The summed E-state index contributed by atoms with van der Waals surface area (Å²) in [6.45, 7) is 4.68. The highest BCUT2D eigenvalue weighted by atomic mass is 16.5. The lowest BCUT2D eigenvalue weighted by molar-refractivity contribution is -0.126. The van der Waals surface area contributed by atoms with Crippen molar-refractivity contribution >= 4 is 5.91 Å². The van der Waals surface area contributed by atoms with E-state index in [2.05, 4.69) is 16.0 Å². The summed E-state index contributed by atoms with van der Waals surface area (Å²) >= 11 is 0. The van der Waals surface area contributed by atoms with Crippen LogP contribution in [0.15, 0.2) is 0 Å². The Hall–Kier alpha value is -0.650. The van der Waals surface area contributed by atoms with Crippen molar-refractivity contribution in [2.24, 2.45) is 5.92 Å². The lowest BCUT2D eigenvalue weighted by atomic mass is 10.0. The van der Waals surface area contributed by atoms with E-state index in [1.807, 2.05) is 0 Å². The third-order valence-electron chi connectivity index (χ3n) is 2.24. The van der Waals surface area contributed by atoms with E-state index in [-0.39, 0.29) is 11.8 Å². The van der Waals surface area contributed by atoms with Crippen molar-refractivity contribution in [2.45, 2.75) is 0 Å². The number of ether oxygens (including phenoxy) is 1. The second-order valence-corrected chi connectivity index (χ2v) is 3.39. The van der Waals surface area contributed by atoms with Gasteiger partial charge in [0, 0.05) is 39.8 Å². The third-order valence-corrected chi connectivity index (χ3v) is 2.24. The molecule has 0 aromatic heterocycles. The summed E-state index contributed by atoms with van der Waals surface area (Å²) in [5, 5.41) is 9.11. The van der Waals surface area contributed by atoms with Gasteiger partial charge >= 0.3 is 0 Å². The van der Waals surface area contributed by atoms with Gasteiger partial charge in [-0.25, -0.2) is 0 Å². The lowest BCUT2D eigenvalue weighted by Gasteiger charge is -2.25. The van der Waals surface area contributed by atoms with E-state index in [1.54, 1.807) is 7.11 Å². The van der Waals surface area contributed by atoms with Crippen LogP contribution in [0.1, 0.15) is 0 Å². The first-order valence-electron chi connectivity index (χ1n) is 5.02. The van der Waals surface area contributed by atoms with Crippen LogP contribution in [0.4, 0.5) is 0 Å². The van der Waals surface area contributed by atoms with Crippen LogP contribution >= 0.6 is 0 Å². The topological polar surface area (TPSA) is 62.4 Å². The molecule has 5 heteroatoms. The van der Waals surface area contributed by atoms with Crippen LogP contribution in [-0.2, 0) is 9.53 Å². The minimum atomic E-state index is 0.164. The standard InChI is InChI=1S/C9H19N3O2/c1-14-5-4-10-2-3-12-9(13)8-6-11-7-8/h8,10-11H,2-7H2,1H3,(H,12,13). The Labute approximate surface area is 84.6 Å². The summed E-state index contributed by atoms with van der Waals surface area (Å²) in [5.41, 5.74) is 0. The average molecular weight is 201 g/mol. The van der Waals surface area contributed by atoms with Gasteiger partial charge in [0.25, 0.3) is 0 Å². The molecule has 1 aliphatic heterocycles. The molecule has 0 spiro atoms. The van der Waals surface area contributed by atoms with Crippen molar-refractivity contribution in [1.82, 2.24) is 16.0 Å². The van der Waals surface area contributed by atoms with Gasteiger partial charge in [0.2, 0.25) is 5.91 Å². The van der Waals surface area contributed by atoms with E-state index in [1.165, 1.54) is 0 Å². The summed E-state index contributed by atoms with van der Waals surface area (Å²) in [4.78, 5) is 11.3. The van der Waals surface area contributed by atoms with E-state index in [0.29, 0.717) is 13.2 Å². The maximum absolute atomic E-state index is 11.3. The molecule has 0 radical (unpaired) electrons. The van der Waals surface area contributed by atoms with Crippen LogP contribution in [0.5, 0.6) is 0 Å². The van der Waals surface area contributed by atoms with Crippen molar-refractivity contribution in [1.29, 1.82) is 0 Å². The van der Waals surface area contributed by atoms with Crippen LogP contribution in [0.3, 0.4) is 0 Å². The Morgan fingerprint density at radius 3 is 2.79 bits per heavy atom. The second-order valence-electron chi connectivity index (χ2n) is 3.39. The van der Waals surface area contributed by atoms with Crippen molar-refractivity contribution in [2.75, 3.05) is 46.4 Å². The predicted octanol–water partition coefficient (Wildman–Crippen LogP) is -1.44. The summed E-state index contributed by atoms with van der Waals surface area (Å²) in [6, 6.07) is 0. The zero-order valence-electron chi connectivity index (χ0n) is 8.64. The van der Waals surface area contributed by atoms with Gasteiger partial charge in [0.05, 0.1) is 12.5 Å². The fourth-order valence-corrected chi connectivity index (χ4v) is 1.19. The second kappa shape index (κ2) is 6.75. The molecule has 0 bridgehead atoms. The molecule has 0 aromatic rings. The number of rotatable bonds is 7. The van der Waals surface area contributed by atoms with Crippen molar-refractivity contribution in [3.8, 4) is 0 Å². The molecule has 0 aliphatic carbocycles. The Bertz CT molecular complexity index is 171.